The first-order valence-corrected chi connectivity index (χ1v) is 6.51. The van der Waals surface area contributed by atoms with E-state index >= 15 is 0 Å². The van der Waals surface area contributed by atoms with Gasteiger partial charge in [0.25, 0.3) is 0 Å². The van der Waals surface area contributed by atoms with E-state index in [1.54, 1.807) is 7.05 Å². The van der Waals surface area contributed by atoms with E-state index in [1.807, 2.05) is 0 Å². The number of rotatable bonds is 3. The molecule has 3 N–H and O–H groups in total. The Morgan fingerprint density at radius 3 is 2.89 bits per heavy atom. The molecule has 0 bridgehead atoms. The molecule has 2 rings (SSSR count). The maximum Gasteiger partial charge on any atom is 0.213 e. The van der Waals surface area contributed by atoms with Gasteiger partial charge in [0.15, 0.2) is 11.7 Å². The molecule has 1 heterocycles. The number of halogens is 2. The van der Waals surface area contributed by atoms with E-state index in [0.717, 1.165) is 11.8 Å². The molecule has 1 aromatic carbocycles. The van der Waals surface area contributed by atoms with Crippen LogP contribution in [-0.2, 0) is 7.05 Å². The second-order valence-corrected chi connectivity index (χ2v) is 5.21. The topological polar surface area (TPSA) is 102 Å². The number of oxime groups is 1. The second kappa shape index (κ2) is 5.53. The van der Waals surface area contributed by atoms with Crippen molar-refractivity contribution in [3.05, 3.63) is 28.0 Å². The number of benzene rings is 1. The van der Waals surface area contributed by atoms with E-state index in [4.69, 9.17) is 10.9 Å². The minimum Gasteiger partial charge on any atom is -0.409 e. The quantitative estimate of drug-likeness (QED) is 0.376. The van der Waals surface area contributed by atoms with Gasteiger partial charge in [-0.05, 0) is 50.3 Å². The zero-order chi connectivity index (χ0) is 14.0. The Bertz CT molecular complexity index is 646. The van der Waals surface area contributed by atoms with Crippen molar-refractivity contribution in [3.8, 4) is 0 Å². The van der Waals surface area contributed by atoms with Crippen LogP contribution in [0.1, 0.15) is 5.56 Å². The highest BCUT2D eigenvalue weighted by atomic mass is 79.9. The average Bonchev–Trinajstić information content (AvgIpc) is 2.80. The summed E-state index contributed by atoms with van der Waals surface area (Å²) in [5.74, 6) is -0.709. The lowest BCUT2D eigenvalue weighted by atomic mass is 10.2. The van der Waals surface area contributed by atoms with Crippen LogP contribution in [0.2, 0.25) is 0 Å². The highest BCUT2D eigenvalue weighted by Gasteiger charge is 2.16. The number of tetrazole rings is 1. The number of hydrogen-bond acceptors (Lipinski definition) is 6. The van der Waals surface area contributed by atoms with Crippen LogP contribution in [0.5, 0.6) is 0 Å². The van der Waals surface area contributed by atoms with Crippen LogP contribution >= 0.6 is 27.7 Å². The molecule has 0 unspecified atom stereocenters. The second-order valence-electron chi connectivity index (χ2n) is 3.41. The highest BCUT2D eigenvalue weighted by Crippen LogP contribution is 2.33. The predicted molar refractivity (Wildman–Crippen MR) is 69.5 cm³/mol. The van der Waals surface area contributed by atoms with Crippen molar-refractivity contribution < 1.29 is 9.60 Å². The SMILES string of the molecule is Cn1nnnc1Sc1ccc(/C(N)=N/O)c(Br)c1F. The monoisotopic (exact) mass is 346 g/mol. The standard InChI is InChI=1S/C9H8BrFN6OS/c1-17-9(13-15-16-17)19-5-3-2-4(8(12)14-18)6(10)7(5)11/h2-3,18H,1H3,(H2,12,14). The van der Waals surface area contributed by atoms with Crippen molar-refractivity contribution in [2.24, 2.45) is 17.9 Å². The van der Waals surface area contributed by atoms with Gasteiger partial charge in [-0.1, -0.05) is 5.16 Å². The van der Waals surface area contributed by atoms with Gasteiger partial charge in [0, 0.05) is 12.6 Å². The van der Waals surface area contributed by atoms with Gasteiger partial charge < -0.3 is 10.9 Å². The zero-order valence-corrected chi connectivity index (χ0v) is 12.0. The zero-order valence-electron chi connectivity index (χ0n) is 9.58. The van der Waals surface area contributed by atoms with Gasteiger partial charge in [-0.25, -0.2) is 9.07 Å². The summed E-state index contributed by atoms with van der Waals surface area (Å²) in [7, 11) is 1.65. The molecule has 2 aromatic rings. The van der Waals surface area contributed by atoms with E-state index in [9.17, 15) is 4.39 Å². The fraction of sp³-hybridized carbons (Fsp3) is 0.111. The fourth-order valence-electron chi connectivity index (χ4n) is 1.27. The van der Waals surface area contributed by atoms with Crippen LogP contribution in [-0.4, -0.2) is 31.3 Å². The van der Waals surface area contributed by atoms with Gasteiger partial charge in [-0.2, -0.15) is 0 Å². The van der Waals surface area contributed by atoms with Crippen molar-refractivity contribution in [2.45, 2.75) is 10.1 Å². The van der Waals surface area contributed by atoms with Gasteiger partial charge >= 0.3 is 0 Å². The van der Waals surface area contributed by atoms with E-state index in [0.29, 0.717) is 10.1 Å². The largest absolute Gasteiger partial charge is 0.409 e. The molecule has 0 atom stereocenters. The molecule has 0 aliphatic carbocycles. The Morgan fingerprint density at radius 1 is 1.58 bits per heavy atom. The molecule has 0 saturated carbocycles. The summed E-state index contributed by atoms with van der Waals surface area (Å²) in [5.41, 5.74) is 5.70. The summed E-state index contributed by atoms with van der Waals surface area (Å²) in [5, 5.41) is 22.7. The summed E-state index contributed by atoms with van der Waals surface area (Å²) in [6.45, 7) is 0. The van der Waals surface area contributed by atoms with E-state index < -0.39 is 5.82 Å². The van der Waals surface area contributed by atoms with Gasteiger partial charge in [0.1, 0.15) is 0 Å². The fourth-order valence-corrected chi connectivity index (χ4v) is 2.72. The maximum atomic E-state index is 14.1. The van der Waals surface area contributed by atoms with Crippen LogP contribution in [0, 0.1) is 5.82 Å². The molecule has 0 spiro atoms. The molecular weight excluding hydrogens is 339 g/mol. The number of aromatic nitrogens is 4. The van der Waals surface area contributed by atoms with E-state index in [1.165, 1.54) is 16.8 Å². The Hall–Kier alpha value is -1.68. The number of aryl methyl sites for hydroxylation is 1. The Morgan fingerprint density at radius 2 is 2.32 bits per heavy atom. The normalized spacial score (nSPS) is 11.8. The molecule has 10 heteroatoms. The molecule has 19 heavy (non-hydrogen) atoms. The van der Waals surface area contributed by atoms with Crippen LogP contribution in [0.4, 0.5) is 4.39 Å². The minimum atomic E-state index is -0.530. The Kier molecular flexibility index (Phi) is 4.00. The first-order chi connectivity index (χ1) is 9.04. The van der Waals surface area contributed by atoms with Crippen molar-refractivity contribution >= 4 is 33.5 Å². The Balaban J connectivity index is 2.39. The summed E-state index contributed by atoms with van der Waals surface area (Å²) in [6, 6.07) is 3.04. The number of hydrogen-bond donors (Lipinski definition) is 2. The van der Waals surface area contributed by atoms with Gasteiger partial charge in [-0.15, -0.1) is 5.10 Å². The lowest BCUT2D eigenvalue weighted by molar-refractivity contribution is 0.318. The predicted octanol–water partition coefficient (Wildman–Crippen LogP) is 1.36. The highest BCUT2D eigenvalue weighted by molar-refractivity contribution is 9.10. The lowest BCUT2D eigenvalue weighted by Crippen LogP contribution is -2.14. The third kappa shape index (κ3) is 2.68. The van der Waals surface area contributed by atoms with Crippen LogP contribution in [0.3, 0.4) is 0 Å². The molecule has 0 amide bonds. The van der Waals surface area contributed by atoms with Crippen LogP contribution in [0.15, 0.2) is 31.8 Å². The number of nitrogens with zero attached hydrogens (tertiary/aromatic N) is 5. The minimum absolute atomic E-state index is 0.114. The lowest BCUT2D eigenvalue weighted by Gasteiger charge is -2.07. The molecule has 0 aliphatic heterocycles. The summed E-state index contributed by atoms with van der Waals surface area (Å²) < 4.78 is 15.7. The first-order valence-electron chi connectivity index (χ1n) is 4.90. The van der Waals surface area contributed by atoms with Crippen molar-refractivity contribution in [3.63, 3.8) is 0 Å². The third-order valence-corrected chi connectivity index (χ3v) is 4.05. The molecule has 7 nitrogen and oxygen atoms in total. The molecule has 0 saturated heterocycles. The molecular formula is C9H8BrFN6OS. The number of nitrogens with two attached hydrogens (primary N) is 1. The maximum absolute atomic E-state index is 14.1. The molecule has 0 radical (unpaired) electrons. The van der Waals surface area contributed by atoms with Gasteiger partial charge in [0.05, 0.1) is 9.37 Å². The van der Waals surface area contributed by atoms with Gasteiger partial charge in [-0.3, -0.25) is 0 Å². The first kappa shape index (κ1) is 13.7. The van der Waals surface area contributed by atoms with Crippen LogP contribution in [0.25, 0.3) is 0 Å². The average molecular weight is 347 g/mol. The summed E-state index contributed by atoms with van der Waals surface area (Å²) in [4.78, 5) is 0.319. The molecule has 0 fully saturated rings. The van der Waals surface area contributed by atoms with Crippen LogP contribution < -0.4 is 5.73 Å². The third-order valence-electron chi connectivity index (χ3n) is 2.21. The number of amidine groups is 1. The smallest absolute Gasteiger partial charge is 0.213 e. The summed E-state index contributed by atoms with van der Waals surface area (Å²) >= 11 is 4.14. The molecule has 0 aliphatic rings. The Labute approximate surface area is 119 Å². The van der Waals surface area contributed by atoms with Gasteiger partial charge in [0.2, 0.25) is 5.16 Å². The van der Waals surface area contributed by atoms with Crippen molar-refractivity contribution in [1.82, 2.24) is 20.2 Å². The van der Waals surface area contributed by atoms with Crippen molar-refractivity contribution in [1.29, 1.82) is 0 Å². The molecule has 100 valence electrons. The summed E-state index contributed by atoms with van der Waals surface area (Å²) in [6.07, 6.45) is 0. The van der Waals surface area contributed by atoms with E-state index in [-0.39, 0.29) is 15.9 Å². The molecule has 1 aromatic heterocycles. The van der Waals surface area contributed by atoms with Crippen molar-refractivity contribution in [2.75, 3.05) is 0 Å². The van der Waals surface area contributed by atoms with E-state index in [2.05, 4.69) is 36.6 Å².